The van der Waals surface area contributed by atoms with Gasteiger partial charge in [-0.1, -0.05) is 67.6 Å². The van der Waals surface area contributed by atoms with Crippen LogP contribution in [0.25, 0.3) is 0 Å². The van der Waals surface area contributed by atoms with Crippen LogP contribution in [0, 0.1) is 0 Å². The van der Waals surface area contributed by atoms with Crippen LogP contribution in [0.3, 0.4) is 0 Å². The van der Waals surface area contributed by atoms with Gasteiger partial charge < -0.3 is 9.47 Å². The van der Waals surface area contributed by atoms with Gasteiger partial charge >= 0.3 is 0 Å². The first-order valence-electron chi connectivity index (χ1n) is 9.94. The average Bonchev–Trinajstić information content (AvgIpc) is 2.80. The molecule has 154 valence electrons. The van der Waals surface area contributed by atoms with Crippen molar-refractivity contribution in [2.75, 3.05) is 7.11 Å². The number of carbonyl (C=O) groups is 1. The fourth-order valence-corrected chi connectivity index (χ4v) is 3.13. The fourth-order valence-electron chi connectivity index (χ4n) is 3.13. The van der Waals surface area contributed by atoms with Crippen LogP contribution in [0.1, 0.15) is 36.0 Å². The van der Waals surface area contributed by atoms with Crippen LogP contribution in [0.5, 0.6) is 11.5 Å². The normalized spacial score (nSPS) is 11.8. The molecule has 0 bridgehead atoms. The Morgan fingerprint density at radius 1 is 1.00 bits per heavy atom. The van der Waals surface area contributed by atoms with Crippen LogP contribution in [0.2, 0.25) is 0 Å². The van der Waals surface area contributed by atoms with Crippen LogP contribution in [-0.4, -0.2) is 19.2 Å². The van der Waals surface area contributed by atoms with E-state index in [0.717, 1.165) is 16.7 Å². The van der Waals surface area contributed by atoms with Crippen molar-refractivity contribution in [3.63, 3.8) is 0 Å². The van der Waals surface area contributed by atoms with Crippen LogP contribution in [0.15, 0.2) is 84.0 Å². The molecule has 5 heteroatoms. The first-order valence-corrected chi connectivity index (χ1v) is 9.94. The molecule has 0 spiro atoms. The molecular formula is C25H26N2O3. The summed E-state index contributed by atoms with van der Waals surface area (Å²) >= 11 is 0. The number of rotatable bonds is 9. The monoisotopic (exact) mass is 402 g/mol. The molecule has 1 N–H and O–H groups in total. The fraction of sp³-hybridized carbons (Fsp3) is 0.200. The Kier molecular flexibility index (Phi) is 7.61. The summed E-state index contributed by atoms with van der Waals surface area (Å²) < 4.78 is 11.3. The molecule has 0 radical (unpaired) electrons. The molecule has 0 saturated heterocycles. The van der Waals surface area contributed by atoms with Gasteiger partial charge in [-0.25, -0.2) is 5.43 Å². The summed E-state index contributed by atoms with van der Waals surface area (Å²) in [5, 5.41) is 4.11. The molecule has 0 saturated carbocycles. The van der Waals surface area contributed by atoms with Crippen molar-refractivity contribution in [3.05, 3.63) is 95.6 Å². The van der Waals surface area contributed by atoms with E-state index >= 15 is 0 Å². The van der Waals surface area contributed by atoms with Gasteiger partial charge in [0.25, 0.3) is 0 Å². The molecule has 0 fully saturated rings. The van der Waals surface area contributed by atoms with E-state index in [4.69, 9.17) is 9.47 Å². The van der Waals surface area contributed by atoms with E-state index in [0.29, 0.717) is 24.5 Å². The number of methoxy groups -OCH3 is 1. The van der Waals surface area contributed by atoms with Gasteiger partial charge in [-0.2, -0.15) is 5.10 Å². The zero-order chi connectivity index (χ0) is 21.2. The van der Waals surface area contributed by atoms with Crippen molar-refractivity contribution in [1.82, 2.24) is 5.43 Å². The molecule has 0 aliphatic heterocycles. The van der Waals surface area contributed by atoms with Gasteiger partial charge in [0.2, 0.25) is 5.91 Å². The Labute approximate surface area is 177 Å². The van der Waals surface area contributed by atoms with Gasteiger partial charge in [0.15, 0.2) is 11.5 Å². The quantitative estimate of drug-likeness (QED) is 0.408. The first kappa shape index (κ1) is 21.1. The lowest BCUT2D eigenvalue weighted by molar-refractivity contribution is -0.122. The molecule has 1 atom stereocenters. The predicted molar refractivity (Wildman–Crippen MR) is 119 cm³/mol. The van der Waals surface area contributed by atoms with E-state index in [1.54, 1.807) is 13.3 Å². The minimum absolute atomic E-state index is 0.130. The summed E-state index contributed by atoms with van der Waals surface area (Å²) in [6.45, 7) is 2.44. The summed E-state index contributed by atoms with van der Waals surface area (Å²) in [6.07, 6.45) is 2.30. The zero-order valence-electron chi connectivity index (χ0n) is 17.2. The van der Waals surface area contributed by atoms with Gasteiger partial charge in [0.1, 0.15) is 6.61 Å². The SMILES string of the molecule is CCC(C(=O)NN=Cc1ccc(OCc2ccccc2)c(OC)c1)c1ccccc1. The Bertz CT molecular complexity index is 972. The van der Waals surface area contributed by atoms with Crippen molar-refractivity contribution < 1.29 is 14.3 Å². The number of ether oxygens (including phenoxy) is 2. The average molecular weight is 402 g/mol. The first-order chi connectivity index (χ1) is 14.7. The third-order valence-electron chi connectivity index (χ3n) is 4.74. The smallest absolute Gasteiger partial charge is 0.247 e. The largest absolute Gasteiger partial charge is 0.493 e. The highest BCUT2D eigenvalue weighted by molar-refractivity contribution is 5.86. The van der Waals surface area contributed by atoms with E-state index in [1.165, 1.54) is 0 Å². The van der Waals surface area contributed by atoms with E-state index < -0.39 is 0 Å². The predicted octanol–water partition coefficient (Wildman–Crippen LogP) is 4.92. The van der Waals surface area contributed by atoms with Crippen LogP contribution in [-0.2, 0) is 11.4 Å². The van der Waals surface area contributed by atoms with Crippen molar-refractivity contribution in [1.29, 1.82) is 0 Å². The molecule has 0 heterocycles. The molecule has 30 heavy (non-hydrogen) atoms. The molecule has 0 aliphatic carbocycles. The standard InChI is InChI=1S/C25H26N2O3/c1-3-22(21-12-8-5-9-13-21)25(28)27-26-17-20-14-15-23(24(16-20)29-2)30-18-19-10-6-4-7-11-19/h4-17,22H,3,18H2,1-2H3,(H,27,28). The lowest BCUT2D eigenvalue weighted by Crippen LogP contribution is -2.25. The second-order valence-electron chi connectivity index (χ2n) is 6.79. The van der Waals surface area contributed by atoms with Crippen molar-refractivity contribution in [2.24, 2.45) is 5.10 Å². The lowest BCUT2D eigenvalue weighted by atomic mass is 9.96. The molecule has 3 aromatic carbocycles. The van der Waals surface area contributed by atoms with Crippen LogP contribution < -0.4 is 14.9 Å². The van der Waals surface area contributed by atoms with Crippen LogP contribution >= 0.6 is 0 Å². The van der Waals surface area contributed by atoms with E-state index in [9.17, 15) is 4.79 Å². The molecule has 1 unspecified atom stereocenters. The third kappa shape index (κ3) is 5.70. The molecule has 3 rings (SSSR count). The van der Waals surface area contributed by atoms with Crippen LogP contribution in [0.4, 0.5) is 0 Å². The number of carbonyl (C=O) groups excluding carboxylic acids is 1. The van der Waals surface area contributed by atoms with Gasteiger partial charge in [0.05, 0.1) is 19.2 Å². The summed E-state index contributed by atoms with van der Waals surface area (Å²) in [4.78, 5) is 12.5. The molecule has 3 aromatic rings. The highest BCUT2D eigenvalue weighted by atomic mass is 16.5. The second kappa shape index (κ2) is 10.8. The van der Waals surface area contributed by atoms with Gasteiger partial charge in [-0.15, -0.1) is 0 Å². The number of hydrazone groups is 1. The maximum atomic E-state index is 12.5. The maximum absolute atomic E-state index is 12.5. The van der Waals surface area contributed by atoms with Gasteiger partial charge in [-0.05, 0) is 41.3 Å². The van der Waals surface area contributed by atoms with Crippen molar-refractivity contribution >= 4 is 12.1 Å². The third-order valence-corrected chi connectivity index (χ3v) is 4.74. The zero-order valence-corrected chi connectivity index (χ0v) is 17.2. The second-order valence-corrected chi connectivity index (χ2v) is 6.79. The molecular weight excluding hydrogens is 376 g/mol. The topological polar surface area (TPSA) is 59.9 Å². The van der Waals surface area contributed by atoms with Crippen molar-refractivity contribution in [3.8, 4) is 11.5 Å². The number of hydrogen-bond acceptors (Lipinski definition) is 4. The number of nitrogens with one attached hydrogen (secondary N) is 1. The summed E-state index contributed by atoms with van der Waals surface area (Å²) in [6, 6.07) is 25.2. The lowest BCUT2D eigenvalue weighted by Gasteiger charge is -2.13. The summed E-state index contributed by atoms with van der Waals surface area (Å²) in [5.74, 6) is 0.899. The maximum Gasteiger partial charge on any atom is 0.247 e. The minimum Gasteiger partial charge on any atom is -0.493 e. The Hall–Kier alpha value is -3.60. The Morgan fingerprint density at radius 3 is 2.37 bits per heavy atom. The minimum atomic E-state index is -0.230. The summed E-state index contributed by atoms with van der Waals surface area (Å²) in [7, 11) is 1.60. The molecule has 0 aromatic heterocycles. The molecule has 0 aliphatic rings. The number of benzene rings is 3. The molecule has 1 amide bonds. The number of nitrogens with zero attached hydrogens (tertiary/aromatic N) is 1. The molecule has 5 nitrogen and oxygen atoms in total. The van der Waals surface area contributed by atoms with Gasteiger partial charge in [-0.3, -0.25) is 4.79 Å². The number of amides is 1. The number of hydrogen-bond donors (Lipinski definition) is 1. The highest BCUT2D eigenvalue weighted by Gasteiger charge is 2.17. The Morgan fingerprint density at radius 2 is 1.70 bits per heavy atom. The summed E-state index contributed by atoms with van der Waals surface area (Å²) in [5.41, 5.74) is 5.50. The highest BCUT2D eigenvalue weighted by Crippen LogP contribution is 2.28. The van der Waals surface area contributed by atoms with E-state index in [1.807, 2.05) is 85.8 Å². The van der Waals surface area contributed by atoms with Crippen molar-refractivity contribution in [2.45, 2.75) is 25.9 Å². The Balaban J connectivity index is 1.62. The van der Waals surface area contributed by atoms with Gasteiger partial charge in [0, 0.05) is 0 Å². The van der Waals surface area contributed by atoms with E-state index in [-0.39, 0.29) is 11.8 Å². The van der Waals surface area contributed by atoms with E-state index in [2.05, 4.69) is 10.5 Å².